The number of hydrogen-bond donors (Lipinski definition) is 1. The summed E-state index contributed by atoms with van der Waals surface area (Å²) in [6.45, 7) is 8.95. The van der Waals surface area contributed by atoms with Gasteiger partial charge in [0, 0.05) is 18.8 Å². The van der Waals surface area contributed by atoms with Crippen molar-refractivity contribution in [2.24, 2.45) is 5.92 Å². The number of benzene rings is 2. The monoisotopic (exact) mass is 442 g/mol. The van der Waals surface area contributed by atoms with E-state index in [1.807, 2.05) is 55.5 Å². The van der Waals surface area contributed by atoms with Gasteiger partial charge in [-0.2, -0.15) is 0 Å². The molecule has 0 saturated carbocycles. The third kappa shape index (κ3) is 8.29. The molecule has 1 atom stereocenters. The van der Waals surface area contributed by atoms with E-state index in [9.17, 15) is 9.59 Å². The zero-order valence-electron chi connectivity index (χ0n) is 19.2. The van der Waals surface area contributed by atoms with Gasteiger partial charge < -0.3 is 15.0 Å². The number of carbonyl (C=O) groups is 2. The van der Waals surface area contributed by atoms with E-state index in [1.54, 1.807) is 30.7 Å². The van der Waals surface area contributed by atoms with Crippen molar-refractivity contribution >= 4 is 23.6 Å². The first kappa shape index (κ1) is 24.8. The van der Waals surface area contributed by atoms with E-state index in [0.29, 0.717) is 24.8 Å². The Hall–Kier alpha value is -2.47. The van der Waals surface area contributed by atoms with Gasteiger partial charge in [-0.25, -0.2) is 0 Å². The summed E-state index contributed by atoms with van der Waals surface area (Å²) in [5, 5.41) is 2.95. The molecule has 0 spiro atoms. The predicted molar refractivity (Wildman–Crippen MR) is 128 cm³/mol. The molecular formula is C25H34N2O3S. The standard InChI is InChI=1S/C25H34N2O3S/c1-18(2)14-26-25(29)20(4)27(15-21-8-6-19(3)7-9-21)24(28)17-31-16-22-10-12-23(30-5)13-11-22/h6-13,18,20H,14-17H2,1-5H3,(H,26,29)/t20-/m0/s1. The fourth-order valence-corrected chi connectivity index (χ4v) is 3.86. The molecular weight excluding hydrogens is 408 g/mol. The molecule has 0 unspecified atom stereocenters. The van der Waals surface area contributed by atoms with Crippen LogP contribution in [0.25, 0.3) is 0 Å². The highest BCUT2D eigenvalue weighted by atomic mass is 32.2. The van der Waals surface area contributed by atoms with Gasteiger partial charge in [0.25, 0.3) is 0 Å². The average Bonchev–Trinajstić information content (AvgIpc) is 2.76. The van der Waals surface area contributed by atoms with Crippen LogP contribution >= 0.6 is 11.8 Å². The summed E-state index contributed by atoms with van der Waals surface area (Å²) in [4.78, 5) is 27.4. The Morgan fingerprint density at radius 2 is 1.61 bits per heavy atom. The zero-order chi connectivity index (χ0) is 22.8. The van der Waals surface area contributed by atoms with Gasteiger partial charge in [-0.1, -0.05) is 55.8 Å². The largest absolute Gasteiger partial charge is 0.497 e. The minimum Gasteiger partial charge on any atom is -0.497 e. The molecule has 0 bridgehead atoms. The van der Waals surface area contributed by atoms with Crippen LogP contribution in [0.4, 0.5) is 0 Å². The molecule has 0 aliphatic rings. The number of hydrogen-bond acceptors (Lipinski definition) is 4. The van der Waals surface area contributed by atoms with Crippen LogP contribution in [0.3, 0.4) is 0 Å². The molecule has 0 aliphatic carbocycles. The Bertz CT molecular complexity index is 835. The van der Waals surface area contributed by atoms with Gasteiger partial charge >= 0.3 is 0 Å². The molecule has 0 aliphatic heterocycles. The normalized spacial score (nSPS) is 11.8. The van der Waals surface area contributed by atoms with E-state index in [0.717, 1.165) is 22.6 Å². The molecule has 6 heteroatoms. The van der Waals surface area contributed by atoms with Crippen LogP contribution in [-0.2, 0) is 21.9 Å². The van der Waals surface area contributed by atoms with E-state index in [4.69, 9.17) is 4.74 Å². The lowest BCUT2D eigenvalue weighted by Crippen LogP contribution is -2.48. The minimum atomic E-state index is -0.533. The molecule has 31 heavy (non-hydrogen) atoms. The van der Waals surface area contributed by atoms with Gasteiger partial charge in [0.05, 0.1) is 12.9 Å². The lowest BCUT2D eigenvalue weighted by atomic mass is 10.1. The Kier molecular flexibility index (Phi) is 9.92. The topological polar surface area (TPSA) is 58.6 Å². The maximum absolute atomic E-state index is 13.1. The molecule has 2 aromatic carbocycles. The number of methoxy groups -OCH3 is 1. The summed E-state index contributed by atoms with van der Waals surface area (Å²) in [5.74, 6) is 2.07. The maximum Gasteiger partial charge on any atom is 0.242 e. The van der Waals surface area contributed by atoms with Crippen LogP contribution in [0.5, 0.6) is 5.75 Å². The van der Waals surface area contributed by atoms with Crippen LogP contribution in [-0.4, -0.2) is 42.2 Å². The summed E-state index contributed by atoms with van der Waals surface area (Å²) in [5.41, 5.74) is 3.31. The molecule has 0 heterocycles. The van der Waals surface area contributed by atoms with Crippen LogP contribution in [0, 0.1) is 12.8 Å². The fraction of sp³-hybridized carbons (Fsp3) is 0.440. The van der Waals surface area contributed by atoms with Gasteiger partial charge in [-0.05, 0) is 43.0 Å². The number of nitrogens with zero attached hydrogens (tertiary/aromatic N) is 1. The Balaban J connectivity index is 2.03. The molecule has 2 aromatic rings. The summed E-state index contributed by atoms with van der Waals surface area (Å²) < 4.78 is 5.19. The highest BCUT2D eigenvalue weighted by Crippen LogP contribution is 2.18. The number of thioether (sulfide) groups is 1. The number of aryl methyl sites for hydroxylation is 1. The molecule has 168 valence electrons. The third-order valence-electron chi connectivity index (χ3n) is 4.98. The number of ether oxygens (including phenoxy) is 1. The van der Waals surface area contributed by atoms with Gasteiger partial charge in [-0.15, -0.1) is 11.8 Å². The molecule has 0 aromatic heterocycles. The van der Waals surface area contributed by atoms with Crippen molar-refractivity contribution in [1.29, 1.82) is 0 Å². The minimum absolute atomic E-state index is 0.0358. The Morgan fingerprint density at radius 3 is 2.19 bits per heavy atom. The van der Waals surface area contributed by atoms with Crippen molar-refractivity contribution in [3.05, 3.63) is 65.2 Å². The lowest BCUT2D eigenvalue weighted by Gasteiger charge is -2.29. The molecule has 5 nitrogen and oxygen atoms in total. The highest BCUT2D eigenvalue weighted by Gasteiger charge is 2.26. The van der Waals surface area contributed by atoms with E-state index in [1.165, 1.54) is 5.56 Å². The van der Waals surface area contributed by atoms with Crippen molar-refractivity contribution in [3.63, 3.8) is 0 Å². The Morgan fingerprint density at radius 1 is 1.00 bits per heavy atom. The van der Waals surface area contributed by atoms with Crippen LogP contribution in [0.2, 0.25) is 0 Å². The number of carbonyl (C=O) groups excluding carboxylic acids is 2. The molecule has 2 rings (SSSR count). The summed E-state index contributed by atoms with van der Waals surface area (Å²) in [6.07, 6.45) is 0. The molecule has 0 fully saturated rings. The summed E-state index contributed by atoms with van der Waals surface area (Å²) >= 11 is 1.55. The lowest BCUT2D eigenvalue weighted by molar-refractivity contribution is -0.138. The van der Waals surface area contributed by atoms with Gasteiger partial charge in [0.2, 0.25) is 11.8 Å². The number of nitrogens with one attached hydrogen (secondary N) is 1. The van der Waals surface area contributed by atoms with Crippen molar-refractivity contribution in [1.82, 2.24) is 10.2 Å². The maximum atomic E-state index is 13.1. The van der Waals surface area contributed by atoms with Crippen LogP contribution in [0.15, 0.2) is 48.5 Å². The molecule has 0 radical (unpaired) electrons. The van der Waals surface area contributed by atoms with Crippen molar-refractivity contribution in [2.75, 3.05) is 19.4 Å². The Labute approximate surface area is 190 Å². The smallest absolute Gasteiger partial charge is 0.242 e. The molecule has 0 saturated heterocycles. The second kappa shape index (κ2) is 12.4. The first-order valence-electron chi connectivity index (χ1n) is 10.6. The van der Waals surface area contributed by atoms with E-state index in [-0.39, 0.29) is 11.8 Å². The van der Waals surface area contributed by atoms with E-state index >= 15 is 0 Å². The zero-order valence-corrected chi connectivity index (χ0v) is 20.0. The van der Waals surface area contributed by atoms with Crippen LogP contribution < -0.4 is 10.1 Å². The first-order valence-corrected chi connectivity index (χ1v) is 11.8. The fourth-order valence-electron chi connectivity index (χ4n) is 2.99. The third-order valence-corrected chi connectivity index (χ3v) is 5.97. The van der Waals surface area contributed by atoms with Crippen molar-refractivity contribution in [3.8, 4) is 5.75 Å². The SMILES string of the molecule is COc1ccc(CSCC(=O)N(Cc2ccc(C)cc2)[C@@H](C)C(=O)NCC(C)C)cc1. The number of amides is 2. The van der Waals surface area contributed by atoms with Crippen molar-refractivity contribution in [2.45, 2.75) is 46.0 Å². The highest BCUT2D eigenvalue weighted by molar-refractivity contribution is 7.99. The second-order valence-corrected chi connectivity index (χ2v) is 9.15. The number of rotatable bonds is 11. The van der Waals surface area contributed by atoms with Gasteiger partial charge in [0.1, 0.15) is 11.8 Å². The van der Waals surface area contributed by atoms with Gasteiger partial charge in [-0.3, -0.25) is 9.59 Å². The summed E-state index contributed by atoms with van der Waals surface area (Å²) in [7, 11) is 1.64. The predicted octanol–water partition coefficient (Wildman–Crippen LogP) is 4.43. The van der Waals surface area contributed by atoms with E-state index < -0.39 is 6.04 Å². The quantitative estimate of drug-likeness (QED) is 0.559. The molecule has 2 amide bonds. The van der Waals surface area contributed by atoms with Crippen molar-refractivity contribution < 1.29 is 14.3 Å². The van der Waals surface area contributed by atoms with Gasteiger partial charge in [0.15, 0.2) is 0 Å². The first-order chi connectivity index (χ1) is 14.8. The average molecular weight is 443 g/mol. The second-order valence-electron chi connectivity index (χ2n) is 8.16. The molecule has 1 N–H and O–H groups in total. The van der Waals surface area contributed by atoms with Crippen LogP contribution in [0.1, 0.15) is 37.5 Å². The van der Waals surface area contributed by atoms with E-state index in [2.05, 4.69) is 19.2 Å². The summed E-state index contributed by atoms with van der Waals surface area (Å²) in [6, 6.07) is 15.4.